The Morgan fingerprint density at radius 1 is 1.50 bits per heavy atom. The molecule has 1 rings (SSSR count). The van der Waals surface area contributed by atoms with E-state index in [1.165, 1.54) is 7.11 Å². The minimum atomic E-state index is -2.87. The second-order valence-electron chi connectivity index (χ2n) is 3.90. The van der Waals surface area contributed by atoms with E-state index in [9.17, 15) is 13.6 Å². The van der Waals surface area contributed by atoms with Crippen LogP contribution in [0.15, 0.2) is 0 Å². The van der Waals surface area contributed by atoms with Gasteiger partial charge in [-0.2, -0.15) is 0 Å². The normalized spacial score (nSPS) is 31.4. The predicted molar refractivity (Wildman–Crippen MR) is 45.4 cm³/mol. The van der Waals surface area contributed by atoms with Crippen LogP contribution in [0.25, 0.3) is 0 Å². The quantitative estimate of drug-likeness (QED) is 0.770. The number of halogens is 2. The molecule has 1 saturated carbocycles. The zero-order chi connectivity index (χ0) is 10.8. The number of hydrogen-bond acceptors (Lipinski definition) is 2. The summed E-state index contributed by atoms with van der Waals surface area (Å²) in [4.78, 5) is 10.9. The van der Waals surface area contributed by atoms with Gasteiger partial charge >= 0.3 is 5.97 Å². The highest BCUT2D eigenvalue weighted by Crippen LogP contribution is 2.44. The lowest BCUT2D eigenvalue weighted by atomic mass is 9.73. The van der Waals surface area contributed by atoms with Gasteiger partial charge in [-0.3, -0.25) is 4.79 Å². The fourth-order valence-electron chi connectivity index (χ4n) is 2.00. The van der Waals surface area contributed by atoms with Crippen LogP contribution in [0.5, 0.6) is 0 Å². The van der Waals surface area contributed by atoms with Crippen molar-refractivity contribution >= 4 is 5.97 Å². The molecule has 1 N–H and O–H groups in total. The van der Waals surface area contributed by atoms with Crippen molar-refractivity contribution in [2.24, 2.45) is 5.41 Å². The number of ether oxygens (including phenoxy) is 1. The maximum atomic E-state index is 13.1. The van der Waals surface area contributed by atoms with Crippen LogP contribution in [0.2, 0.25) is 0 Å². The fourth-order valence-corrected chi connectivity index (χ4v) is 2.00. The molecule has 0 saturated heterocycles. The number of aliphatic carboxylic acids is 1. The first-order valence-electron chi connectivity index (χ1n) is 4.52. The van der Waals surface area contributed by atoms with Crippen molar-refractivity contribution in [1.82, 2.24) is 0 Å². The molecule has 3 nitrogen and oxygen atoms in total. The molecule has 0 spiro atoms. The molecule has 0 bridgehead atoms. The van der Waals surface area contributed by atoms with Crippen LogP contribution < -0.4 is 0 Å². The van der Waals surface area contributed by atoms with Gasteiger partial charge in [0.2, 0.25) is 5.92 Å². The molecule has 1 atom stereocenters. The number of carboxylic acids is 1. The first-order chi connectivity index (χ1) is 6.42. The standard InChI is InChI=1S/C9H14F2O3/c1-14-6-8(7(12)13)3-2-4-9(10,11)5-8/h2-6H2,1H3,(H,12,13). The van der Waals surface area contributed by atoms with E-state index in [1.54, 1.807) is 0 Å². The van der Waals surface area contributed by atoms with E-state index in [2.05, 4.69) is 0 Å². The molecular formula is C9H14F2O3. The van der Waals surface area contributed by atoms with Gasteiger partial charge in [0.15, 0.2) is 0 Å². The monoisotopic (exact) mass is 208 g/mol. The summed E-state index contributed by atoms with van der Waals surface area (Å²) in [5.41, 5.74) is -1.39. The molecule has 14 heavy (non-hydrogen) atoms. The Morgan fingerprint density at radius 3 is 2.57 bits per heavy atom. The summed E-state index contributed by atoms with van der Waals surface area (Å²) in [5.74, 6) is -4.05. The molecule has 5 heteroatoms. The van der Waals surface area contributed by atoms with Gasteiger partial charge < -0.3 is 9.84 Å². The molecule has 0 radical (unpaired) electrons. The Morgan fingerprint density at radius 2 is 2.14 bits per heavy atom. The topological polar surface area (TPSA) is 46.5 Å². The third kappa shape index (κ3) is 2.20. The minimum Gasteiger partial charge on any atom is -0.481 e. The third-order valence-corrected chi connectivity index (χ3v) is 2.67. The number of alkyl halides is 2. The molecule has 82 valence electrons. The molecule has 0 aliphatic heterocycles. The maximum Gasteiger partial charge on any atom is 0.312 e. The number of rotatable bonds is 3. The van der Waals surface area contributed by atoms with Crippen LogP contribution in [0.1, 0.15) is 25.7 Å². The lowest BCUT2D eigenvalue weighted by Crippen LogP contribution is -2.44. The van der Waals surface area contributed by atoms with Gasteiger partial charge in [-0.1, -0.05) is 0 Å². The summed E-state index contributed by atoms with van der Waals surface area (Å²) in [6.45, 7) is -0.141. The van der Waals surface area contributed by atoms with E-state index in [0.29, 0.717) is 0 Å². The Hall–Kier alpha value is -0.710. The van der Waals surface area contributed by atoms with Gasteiger partial charge in [0.1, 0.15) is 0 Å². The van der Waals surface area contributed by atoms with E-state index in [-0.39, 0.29) is 25.9 Å². The Kier molecular flexibility index (Phi) is 3.09. The number of hydrogen-bond donors (Lipinski definition) is 1. The van der Waals surface area contributed by atoms with Crippen molar-refractivity contribution < 1.29 is 23.4 Å². The molecule has 0 aromatic heterocycles. The average Bonchev–Trinajstić information content (AvgIpc) is 2.02. The highest BCUT2D eigenvalue weighted by Gasteiger charge is 2.50. The summed E-state index contributed by atoms with van der Waals surface area (Å²) in [5, 5.41) is 8.94. The second-order valence-corrected chi connectivity index (χ2v) is 3.90. The highest BCUT2D eigenvalue weighted by atomic mass is 19.3. The molecule has 1 fully saturated rings. The van der Waals surface area contributed by atoms with Crippen molar-refractivity contribution in [1.29, 1.82) is 0 Å². The van der Waals surface area contributed by atoms with E-state index in [0.717, 1.165) is 0 Å². The molecule has 1 aliphatic carbocycles. The molecule has 0 amide bonds. The summed E-state index contributed by atoms with van der Waals surface area (Å²) in [7, 11) is 1.33. The van der Waals surface area contributed by atoms with Gasteiger partial charge in [0, 0.05) is 20.0 Å². The molecule has 1 aliphatic rings. The Labute approximate surface area is 81.1 Å². The van der Waals surface area contributed by atoms with Gasteiger partial charge in [-0.25, -0.2) is 8.78 Å². The van der Waals surface area contributed by atoms with Crippen molar-refractivity contribution in [3.8, 4) is 0 Å². The first kappa shape index (κ1) is 11.4. The minimum absolute atomic E-state index is 0.141. The summed E-state index contributed by atoms with van der Waals surface area (Å²) < 4.78 is 30.9. The second kappa shape index (κ2) is 3.81. The van der Waals surface area contributed by atoms with E-state index in [4.69, 9.17) is 9.84 Å². The van der Waals surface area contributed by atoms with Crippen molar-refractivity contribution in [3.05, 3.63) is 0 Å². The van der Waals surface area contributed by atoms with Crippen molar-refractivity contribution in [2.75, 3.05) is 13.7 Å². The third-order valence-electron chi connectivity index (χ3n) is 2.67. The molecular weight excluding hydrogens is 194 g/mol. The molecule has 1 unspecified atom stereocenters. The SMILES string of the molecule is COCC1(C(=O)O)CCCC(F)(F)C1. The van der Waals surface area contributed by atoms with E-state index >= 15 is 0 Å². The number of carboxylic acid groups (broad SMARTS) is 1. The van der Waals surface area contributed by atoms with Crippen molar-refractivity contribution in [2.45, 2.75) is 31.6 Å². The Balaban J connectivity index is 2.82. The average molecular weight is 208 g/mol. The fraction of sp³-hybridized carbons (Fsp3) is 0.889. The van der Waals surface area contributed by atoms with Gasteiger partial charge in [0.05, 0.1) is 12.0 Å². The molecule has 0 aromatic rings. The van der Waals surface area contributed by atoms with Gasteiger partial charge in [-0.15, -0.1) is 0 Å². The van der Waals surface area contributed by atoms with Crippen LogP contribution in [0.4, 0.5) is 8.78 Å². The van der Waals surface area contributed by atoms with E-state index < -0.39 is 23.7 Å². The van der Waals surface area contributed by atoms with Crippen LogP contribution in [-0.2, 0) is 9.53 Å². The maximum absolute atomic E-state index is 13.1. The van der Waals surface area contributed by atoms with Gasteiger partial charge in [-0.05, 0) is 12.8 Å². The first-order valence-corrected chi connectivity index (χ1v) is 4.52. The number of carbonyl (C=O) groups is 1. The lowest BCUT2D eigenvalue weighted by molar-refractivity contribution is -0.168. The Bertz CT molecular complexity index is 226. The summed E-state index contributed by atoms with van der Waals surface area (Å²) >= 11 is 0. The highest BCUT2D eigenvalue weighted by molar-refractivity contribution is 5.75. The van der Waals surface area contributed by atoms with Gasteiger partial charge in [0.25, 0.3) is 0 Å². The largest absolute Gasteiger partial charge is 0.481 e. The van der Waals surface area contributed by atoms with Crippen molar-refractivity contribution in [3.63, 3.8) is 0 Å². The summed E-state index contributed by atoms with van der Waals surface area (Å²) in [6.07, 6.45) is -0.316. The van der Waals surface area contributed by atoms with Crippen LogP contribution in [0.3, 0.4) is 0 Å². The number of methoxy groups -OCH3 is 1. The zero-order valence-corrected chi connectivity index (χ0v) is 8.06. The zero-order valence-electron chi connectivity index (χ0n) is 8.06. The van der Waals surface area contributed by atoms with Crippen LogP contribution >= 0.6 is 0 Å². The lowest BCUT2D eigenvalue weighted by Gasteiger charge is -2.36. The van der Waals surface area contributed by atoms with Crippen LogP contribution in [0, 0.1) is 5.41 Å². The van der Waals surface area contributed by atoms with Crippen LogP contribution in [-0.4, -0.2) is 30.7 Å². The summed E-state index contributed by atoms with van der Waals surface area (Å²) in [6, 6.07) is 0. The molecule has 0 heterocycles. The predicted octanol–water partition coefficient (Wildman–Crippen LogP) is 1.91. The van der Waals surface area contributed by atoms with E-state index in [1.807, 2.05) is 0 Å². The molecule has 0 aromatic carbocycles. The smallest absolute Gasteiger partial charge is 0.312 e.